The molecule has 0 amide bonds. The Bertz CT molecular complexity index is 894. The average molecular weight is 348 g/mol. The molecule has 0 saturated heterocycles. The maximum Gasteiger partial charge on any atom is 0.343 e. The summed E-state index contributed by atoms with van der Waals surface area (Å²) in [4.78, 5) is 20.2. The van der Waals surface area contributed by atoms with Crippen LogP contribution < -0.4 is 10.6 Å². The molecule has 132 valence electrons. The summed E-state index contributed by atoms with van der Waals surface area (Å²) in [5.74, 6) is -0.0591. The maximum atomic E-state index is 12.1. The molecule has 6 nitrogen and oxygen atoms in total. The molecular weight excluding hydrogens is 328 g/mol. The van der Waals surface area contributed by atoms with Gasteiger partial charge in [0.25, 0.3) is 0 Å². The minimum Gasteiger partial charge on any atom is -0.462 e. The zero-order valence-electron chi connectivity index (χ0n) is 14.7. The van der Waals surface area contributed by atoms with E-state index in [4.69, 9.17) is 4.74 Å². The van der Waals surface area contributed by atoms with Crippen molar-refractivity contribution in [2.24, 2.45) is 0 Å². The lowest BCUT2D eigenvalue weighted by molar-refractivity contribution is 0.0526. The van der Waals surface area contributed by atoms with Crippen molar-refractivity contribution in [3.8, 4) is 0 Å². The van der Waals surface area contributed by atoms with Crippen molar-refractivity contribution in [3.05, 3.63) is 72.2 Å². The van der Waals surface area contributed by atoms with Gasteiger partial charge in [-0.25, -0.2) is 14.8 Å². The van der Waals surface area contributed by atoms with Crippen LogP contribution in [-0.2, 0) is 4.74 Å². The number of benzene rings is 2. The fraction of sp³-hybridized carbons (Fsp3) is 0.150. The van der Waals surface area contributed by atoms with E-state index in [1.165, 1.54) is 18.1 Å². The van der Waals surface area contributed by atoms with Crippen LogP contribution in [0, 0.1) is 6.92 Å². The van der Waals surface area contributed by atoms with Crippen molar-refractivity contribution < 1.29 is 9.53 Å². The molecule has 2 N–H and O–H groups in total. The van der Waals surface area contributed by atoms with E-state index in [2.05, 4.69) is 20.6 Å². The molecule has 2 aromatic carbocycles. The molecule has 0 bridgehead atoms. The zero-order valence-corrected chi connectivity index (χ0v) is 14.7. The molecule has 0 aliphatic rings. The van der Waals surface area contributed by atoms with Crippen LogP contribution in [0.4, 0.5) is 22.9 Å². The molecule has 0 spiro atoms. The summed E-state index contributed by atoms with van der Waals surface area (Å²) in [6.45, 7) is 4.10. The Labute approximate surface area is 152 Å². The number of aryl methyl sites for hydroxylation is 1. The number of nitrogens with zero attached hydrogens (tertiary/aromatic N) is 2. The maximum absolute atomic E-state index is 12.1. The molecule has 0 atom stereocenters. The first-order chi connectivity index (χ1) is 12.7. The summed E-state index contributed by atoms with van der Waals surface area (Å²) in [5, 5.41) is 6.57. The number of carbonyl (C=O) groups is 1. The van der Waals surface area contributed by atoms with Gasteiger partial charge < -0.3 is 15.4 Å². The van der Waals surface area contributed by atoms with Crippen LogP contribution in [0.3, 0.4) is 0 Å². The second kappa shape index (κ2) is 8.11. The fourth-order valence-electron chi connectivity index (χ4n) is 2.41. The molecule has 0 unspecified atom stereocenters. The number of aromatic nitrogens is 2. The van der Waals surface area contributed by atoms with Crippen molar-refractivity contribution in [1.29, 1.82) is 0 Å². The molecule has 3 rings (SSSR count). The largest absolute Gasteiger partial charge is 0.462 e. The van der Waals surface area contributed by atoms with E-state index in [-0.39, 0.29) is 0 Å². The van der Waals surface area contributed by atoms with E-state index in [9.17, 15) is 4.79 Å². The highest BCUT2D eigenvalue weighted by molar-refractivity contribution is 5.95. The van der Waals surface area contributed by atoms with Crippen molar-refractivity contribution in [2.75, 3.05) is 17.2 Å². The molecule has 0 aliphatic heterocycles. The topological polar surface area (TPSA) is 76.1 Å². The summed E-state index contributed by atoms with van der Waals surface area (Å²) in [5.41, 5.74) is 4.11. The quantitative estimate of drug-likeness (QED) is 0.641. The predicted molar refractivity (Wildman–Crippen MR) is 102 cm³/mol. The van der Waals surface area contributed by atoms with Gasteiger partial charge in [0.05, 0.1) is 18.0 Å². The number of carbonyl (C=O) groups excluding carboxylic acids is 1. The van der Waals surface area contributed by atoms with Gasteiger partial charge in [-0.05, 0) is 38.1 Å². The number of rotatable bonds is 6. The fourth-order valence-corrected chi connectivity index (χ4v) is 2.41. The van der Waals surface area contributed by atoms with Crippen LogP contribution >= 0.6 is 0 Å². The minimum atomic E-state index is -0.459. The number of ether oxygens (including phenoxy) is 1. The van der Waals surface area contributed by atoms with Gasteiger partial charge in [-0.1, -0.05) is 29.8 Å². The van der Waals surface area contributed by atoms with E-state index < -0.39 is 5.97 Å². The third kappa shape index (κ3) is 4.16. The standard InChI is InChI=1S/C20H20N4O2/c1-3-26-20(25)16-12-21-13-22-19(16)24-18-7-5-4-6-17(18)23-15-10-8-14(2)9-11-15/h4-13,23H,3H2,1-2H3,(H,21,22,24). The van der Waals surface area contributed by atoms with Crippen molar-refractivity contribution in [2.45, 2.75) is 13.8 Å². The Morgan fingerprint density at radius 1 is 1.04 bits per heavy atom. The summed E-state index contributed by atoms with van der Waals surface area (Å²) in [7, 11) is 0. The Balaban J connectivity index is 1.87. The van der Waals surface area contributed by atoms with E-state index in [1.54, 1.807) is 6.92 Å². The highest BCUT2D eigenvalue weighted by Crippen LogP contribution is 2.28. The smallest absolute Gasteiger partial charge is 0.343 e. The number of esters is 1. The lowest BCUT2D eigenvalue weighted by atomic mass is 10.2. The number of anilines is 4. The van der Waals surface area contributed by atoms with E-state index in [0.717, 1.165) is 17.1 Å². The van der Waals surface area contributed by atoms with Crippen molar-refractivity contribution in [1.82, 2.24) is 9.97 Å². The summed E-state index contributed by atoms with van der Waals surface area (Å²) in [6, 6.07) is 15.8. The lowest BCUT2D eigenvalue weighted by Gasteiger charge is -2.15. The molecule has 0 fully saturated rings. The van der Waals surface area contributed by atoms with Gasteiger partial charge >= 0.3 is 5.97 Å². The molecule has 3 aromatic rings. The molecule has 26 heavy (non-hydrogen) atoms. The second-order valence-electron chi connectivity index (χ2n) is 5.67. The third-order valence-electron chi connectivity index (χ3n) is 3.72. The van der Waals surface area contributed by atoms with E-state index >= 15 is 0 Å². The lowest BCUT2D eigenvalue weighted by Crippen LogP contribution is -2.10. The molecule has 0 aliphatic carbocycles. The van der Waals surface area contributed by atoms with Crippen LogP contribution in [0.5, 0.6) is 0 Å². The monoisotopic (exact) mass is 348 g/mol. The summed E-state index contributed by atoms with van der Waals surface area (Å²) in [6.07, 6.45) is 2.84. The first kappa shape index (κ1) is 17.4. The van der Waals surface area contributed by atoms with Gasteiger partial charge in [0.1, 0.15) is 17.7 Å². The van der Waals surface area contributed by atoms with Gasteiger partial charge in [-0.2, -0.15) is 0 Å². The Morgan fingerprint density at radius 2 is 1.73 bits per heavy atom. The molecular formula is C20H20N4O2. The zero-order chi connectivity index (χ0) is 18.4. The van der Waals surface area contributed by atoms with Crippen LogP contribution in [0.15, 0.2) is 61.1 Å². The number of nitrogens with one attached hydrogen (secondary N) is 2. The first-order valence-electron chi connectivity index (χ1n) is 8.34. The SMILES string of the molecule is CCOC(=O)c1cncnc1Nc1ccccc1Nc1ccc(C)cc1. The minimum absolute atomic E-state index is 0.290. The van der Waals surface area contributed by atoms with Crippen molar-refractivity contribution >= 4 is 28.8 Å². The molecule has 6 heteroatoms. The second-order valence-corrected chi connectivity index (χ2v) is 5.67. The van der Waals surface area contributed by atoms with Crippen LogP contribution in [0.25, 0.3) is 0 Å². The van der Waals surface area contributed by atoms with Gasteiger partial charge in [0.2, 0.25) is 0 Å². The van der Waals surface area contributed by atoms with Crippen molar-refractivity contribution in [3.63, 3.8) is 0 Å². The Morgan fingerprint density at radius 3 is 2.42 bits per heavy atom. The van der Waals surface area contributed by atoms with Gasteiger partial charge in [-0.15, -0.1) is 0 Å². The van der Waals surface area contributed by atoms with Crippen LogP contribution in [0.1, 0.15) is 22.8 Å². The highest BCUT2D eigenvalue weighted by atomic mass is 16.5. The molecule has 0 radical (unpaired) electrons. The van der Waals surface area contributed by atoms with E-state index in [1.807, 2.05) is 55.5 Å². The number of hydrogen-bond acceptors (Lipinski definition) is 6. The number of hydrogen-bond donors (Lipinski definition) is 2. The van der Waals surface area contributed by atoms with Gasteiger partial charge in [0.15, 0.2) is 0 Å². The van der Waals surface area contributed by atoms with Gasteiger partial charge in [0, 0.05) is 11.9 Å². The van der Waals surface area contributed by atoms with E-state index in [0.29, 0.717) is 18.0 Å². The van der Waals surface area contributed by atoms with Crippen LogP contribution in [0.2, 0.25) is 0 Å². The number of para-hydroxylation sites is 2. The highest BCUT2D eigenvalue weighted by Gasteiger charge is 2.15. The third-order valence-corrected chi connectivity index (χ3v) is 3.72. The Kier molecular flexibility index (Phi) is 5.43. The molecule has 1 heterocycles. The predicted octanol–water partition coefficient (Wildman–Crippen LogP) is 4.45. The Hall–Kier alpha value is -3.41. The average Bonchev–Trinajstić information content (AvgIpc) is 2.66. The molecule has 0 saturated carbocycles. The van der Waals surface area contributed by atoms with Crippen LogP contribution in [-0.4, -0.2) is 22.5 Å². The first-order valence-corrected chi connectivity index (χ1v) is 8.34. The summed E-state index contributed by atoms with van der Waals surface area (Å²) < 4.78 is 5.07. The summed E-state index contributed by atoms with van der Waals surface area (Å²) >= 11 is 0. The van der Waals surface area contributed by atoms with Gasteiger partial charge in [-0.3, -0.25) is 0 Å². The molecule has 1 aromatic heterocycles. The normalized spacial score (nSPS) is 10.2.